The molecule has 3 rings (SSSR count). The Morgan fingerprint density at radius 2 is 1.42 bits per heavy atom. The van der Waals surface area contributed by atoms with Gasteiger partial charge in [-0.05, 0) is 61.3 Å². The van der Waals surface area contributed by atoms with E-state index in [1.54, 1.807) is 6.07 Å². The van der Waals surface area contributed by atoms with Crippen molar-refractivity contribution in [2.75, 3.05) is 6.54 Å². The van der Waals surface area contributed by atoms with Gasteiger partial charge >= 0.3 is 0 Å². The van der Waals surface area contributed by atoms with Crippen molar-refractivity contribution in [2.24, 2.45) is 5.41 Å². The van der Waals surface area contributed by atoms with Crippen LogP contribution in [0.3, 0.4) is 0 Å². The average molecular weight is 434 g/mol. The highest BCUT2D eigenvalue weighted by molar-refractivity contribution is 7.89. The minimum atomic E-state index is -3.63. The Bertz CT molecular complexity index is 1060. The molecular weight excluding hydrogens is 402 g/mol. The van der Waals surface area contributed by atoms with Gasteiger partial charge < -0.3 is 0 Å². The molecule has 0 aromatic heterocycles. The zero-order valence-electron chi connectivity index (χ0n) is 18.3. The van der Waals surface area contributed by atoms with Crippen molar-refractivity contribution in [3.63, 3.8) is 0 Å². The van der Waals surface area contributed by atoms with E-state index in [1.165, 1.54) is 11.1 Å². The van der Waals surface area contributed by atoms with Crippen LogP contribution < -0.4 is 4.72 Å². The summed E-state index contributed by atoms with van der Waals surface area (Å²) >= 11 is 0. The third kappa shape index (κ3) is 6.16. The highest BCUT2D eigenvalue weighted by atomic mass is 32.2. The molecule has 0 spiro atoms. The second-order valence-electron chi connectivity index (χ2n) is 8.41. The van der Waals surface area contributed by atoms with Crippen molar-refractivity contribution in [3.8, 4) is 0 Å². The summed E-state index contributed by atoms with van der Waals surface area (Å²) in [6, 6.07) is 25.9. The predicted octanol–water partition coefficient (Wildman–Crippen LogP) is 5.63. The first kappa shape index (κ1) is 23.0. The minimum absolute atomic E-state index is 0.323. The number of sulfonamides is 1. The molecule has 3 nitrogen and oxygen atoms in total. The molecule has 0 unspecified atom stereocenters. The molecular formula is C27H31NO2S. The van der Waals surface area contributed by atoms with Gasteiger partial charge in [0.25, 0.3) is 0 Å². The SMILES string of the molecule is C=CCC(CNS(=O)(=O)c1ccc(C)cc1C)(Cc1ccccc1)Cc1ccccc1. The first-order chi connectivity index (χ1) is 14.8. The lowest BCUT2D eigenvalue weighted by Crippen LogP contribution is -2.40. The molecule has 0 saturated heterocycles. The molecule has 4 heteroatoms. The van der Waals surface area contributed by atoms with Crippen molar-refractivity contribution in [1.29, 1.82) is 0 Å². The summed E-state index contributed by atoms with van der Waals surface area (Å²) in [4.78, 5) is 0.338. The van der Waals surface area contributed by atoms with Crippen LogP contribution in [-0.2, 0) is 22.9 Å². The summed E-state index contributed by atoms with van der Waals surface area (Å²) in [6.45, 7) is 8.11. The van der Waals surface area contributed by atoms with Crippen LogP contribution in [0.2, 0.25) is 0 Å². The van der Waals surface area contributed by atoms with Crippen LogP contribution in [-0.4, -0.2) is 15.0 Å². The van der Waals surface area contributed by atoms with E-state index >= 15 is 0 Å². The van der Waals surface area contributed by atoms with E-state index in [4.69, 9.17) is 0 Å². The van der Waals surface area contributed by atoms with Gasteiger partial charge in [-0.25, -0.2) is 13.1 Å². The molecule has 0 bridgehead atoms. The standard InChI is InChI=1S/C27H31NO2S/c1-4-17-27(19-24-11-7-5-8-12-24,20-25-13-9-6-10-14-25)21-28-31(29,30)26-16-15-22(2)18-23(26)3/h4-16,18,28H,1,17,19-21H2,2-3H3. The van der Waals surface area contributed by atoms with Crippen LogP contribution in [0.1, 0.15) is 28.7 Å². The molecule has 3 aromatic carbocycles. The fraction of sp³-hybridized carbons (Fsp3) is 0.259. The number of hydrogen-bond acceptors (Lipinski definition) is 2. The number of hydrogen-bond donors (Lipinski definition) is 1. The maximum absolute atomic E-state index is 13.2. The Balaban J connectivity index is 1.93. The first-order valence-electron chi connectivity index (χ1n) is 10.6. The zero-order valence-corrected chi connectivity index (χ0v) is 19.2. The van der Waals surface area contributed by atoms with E-state index in [-0.39, 0.29) is 5.41 Å². The topological polar surface area (TPSA) is 46.2 Å². The smallest absolute Gasteiger partial charge is 0.211 e. The Labute approximate surface area is 186 Å². The fourth-order valence-electron chi connectivity index (χ4n) is 4.19. The third-order valence-corrected chi connectivity index (χ3v) is 7.24. The summed E-state index contributed by atoms with van der Waals surface area (Å²) in [5.74, 6) is 0. The highest BCUT2D eigenvalue weighted by Gasteiger charge is 2.32. The molecule has 3 aromatic rings. The zero-order chi connectivity index (χ0) is 22.3. The summed E-state index contributed by atoms with van der Waals surface area (Å²) < 4.78 is 29.3. The van der Waals surface area contributed by atoms with Gasteiger partial charge in [-0.15, -0.1) is 6.58 Å². The van der Waals surface area contributed by atoms with Crippen molar-refractivity contribution in [2.45, 2.75) is 38.0 Å². The van der Waals surface area contributed by atoms with Gasteiger partial charge in [-0.1, -0.05) is 84.4 Å². The maximum Gasteiger partial charge on any atom is 0.240 e. The van der Waals surface area contributed by atoms with Gasteiger partial charge in [0, 0.05) is 6.54 Å². The van der Waals surface area contributed by atoms with Crippen molar-refractivity contribution < 1.29 is 8.42 Å². The van der Waals surface area contributed by atoms with Gasteiger partial charge in [-0.2, -0.15) is 0 Å². The van der Waals surface area contributed by atoms with Gasteiger partial charge in [0.1, 0.15) is 0 Å². The lowest BCUT2D eigenvalue weighted by molar-refractivity contribution is 0.285. The van der Waals surface area contributed by atoms with Crippen LogP contribution in [0.25, 0.3) is 0 Å². The van der Waals surface area contributed by atoms with E-state index in [0.717, 1.165) is 24.0 Å². The third-order valence-electron chi connectivity index (χ3n) is 5.68. The van der Waals surface area contributed by atoms with Crippen LogP contribution in [0.4, 0.5) is 0 Å². The van der Waals surface area contributed by atoms with E-state index in [9.17, 15) is 8.42 Å². The van der Waals surface area contributed by atoms with Crippen LogP contribution in [0.5, 0.6) is 0 Å². The van der Waals surface area contributed by atoms with Crippen molar-refractivity contribution in [3.05, 3.63) is 114 Å². The summed E-state index contributed by atoms with van der Waals surface area (Å²) in [5, 5.41) is 0. The Morgan fingerprint density at radius 1 is 0.871 bits per heavy atom. The Morgan fingerprint density at radius 3 is 1.90 bits per heavy atom. The molecule has 0 heterocycles. The lowest BCUT2D eigenvalue weighted by Gasteiger charge is -2.34. The van der Waals surface area contributed by atoms with E-state index in [0.29, 0.717) is 17.9 Å². The van der Waals surface area contributed by atoms with Gasteiger partial charge in [0.05, 0.1) is 4.90 Å². The van der Waals surface area contributed by atoms with Crippen LogP contribution in [0.15, 0.2) is 96.4 Å². The summed E-state index contributed by atoms with van der Waals surface area (Å²) in [7, 11) is -3.63. The van der Waals surface area contributed by atoms with Crippen molar-refractivity contribution in [1.82, 2.24) is 4.72 Å². The largest absolute Gasteiger partial charge is 0.240 e. The maximum atomic E-state index is 13.2. The molecule has 0 atom stereocenters. The molecule has 1 N–H and O–H groups in total. The number of benzene rings is 3. The van der Waals surface area contributed by atoms with Crippen LogP contribution in [0, 0.1) is 19.3 Å². The van der Waals surface area contributed by atoms with E-state index in [1.807, 2.05) is 68.5 Å². The molecule has 0 amide bonds. The number of aryl methyl sites for hydroxylation is 2. The first-order valence-corrected chi connectivity index (χ1v) is 12.1. The summed E-state index contributed by atoms with van der Waals surface area (Å²) in [6.07, 6.45) is 4.11. The average Bonchev–Trinajstić information content (AvgIpc) is 2.74. The fourth-order valence-corrected chi connectivity index (χ4v) is 5.58. The normalized spacial score (nSPS) is 11.9. The predicted molar refractivity (Wildman–Crippen MR) is 129 cm³/mol. The van der Waals surface area contributed by atoms with E-state index in [2.05, 4.69) is 35.6 Å². The lowest BCUT2D eigenvalue weighted by atomic mass is 9.74. The Kier molecular flexibility index (Phi) is 7.47. The second-order valence-corrected chi connectivity index (χ2v) is 10.1. The second kappa shape index (κ2) is 10.1. The minimum Gasteiger partial charge on any atom is -0.211 e. The highest BCUT2D eigenvalue weighted by Crippen LogP contribution is 2.32. The molecule has 0 aliphatic heterocycles. The summed E-state index contributed by atoms with van der Waals surface area (Å²) in [5.41, 5.74) is 3.85. The molecule has 0 saturated carbocycles. The van der Waals surface area contributed by atoms with Gasteiger partial charge in [0.2, 0.25) is 10.0 Å². The molecule has 162 valence electrons. The Hall–Kier alpha value is -2.69. The monoisotopic (exact) mass is 433 g/mol. The van der Waals surface area contributed by atoms with Crippen LogP contribution >= 0.6 is 0 Å². The molecule has 0 radical (unpaired) electrons. The van der Waals surface area contributed by atoms with Gasteiger partial charge in [0.15, 0.2) is 0 Å². The number of nitrogens with one attached hydrogen (secondary N) is 1. The van der Waals surface area contributed by atoms with Crippen molar-refractivity contribution >= 4 is 10.0 Å². The molecule has 0 fully saturated rings. The van der Waals surface area contributed by atoms with Gasteiger partial charge in [-0.3, -0.25) is 0 Å². The molecule has 0 aliphatic rings. The quantitative estimate of drug-likeness (QED) is 0.421. The van der Waals surface area contributed by atoms with E-state index < -0.39 is 10.0 Å². The molecule has 31 heavy (non-hydrogen) atoms. The molecule has 0 aliphatic carbocycles. The number of rotatable bonds is 10. The number of allylic oxidation sites excluding steroid dienone is 1.